The zero-order chi connectivity index (χ0) is 23.7. The molecule has 2 heterocycles. The molecule has 3 atom stereocenters. The molecule has 1 aliphatic rings. The second-order valence-electron chi connectivity index (χ2n) is 9.65. The molecule has 0 radical (unpaired) electrons. The van der Waals surface area contributed by atoms with E-state index >= 15 is 0 Å². The average Bonchev–Trinajstić information content (AvgIpc) is 2.84. The number of nitrogens with zero attached hydrogens (tertiary/aromatic N) is 2. The van der Waals surface area contributed by atoms with Crippen LogP contribution in [-0.4, -0.2) is 32.8 Å². The maximum atomic E-state index is 5.98. The van der Waals surface area contributed by atoms with E-state index in [0.717, 1.165) is 36.1 Å². The number of nitrogens with one attached hydrogen (secondary N) is 1. The Morgan fingerprint density at radius 3 is 2.42 bits per heavy atom. The third-order valence-corrected chi connectivity index (χ3v) is 8.12. The lowest BCUT2D eigenvalue weighted by molar-refractivity contribution is 0.0682. The molecular formula is C27H47N3O2Si. The van der Waals surface area contributed by atoms with Crippen LogP contribution in [0.3, 0.4) is 0 Å². The highest BCUT2D eigenvalue weighted by molar-refractivity contribution is 6.28. The summed E-state index contributed by atoms with van der Waals surface area (Å²) in [7, 11) is -0.613. The van der Waals surface area contributed by atoms with Crippen molar-refractivity contribution in [1.29, 1.82) is 0 Å². The van der Waals surface area contributed by atoms with Gasteiger partial charge in [0.25, 0.3) is 0 Å². The lowest BCUT2D eigenvalue weighted by Gasteiger charge is -2.19. The molecule has 2 rings (SSSR count). The van der Waals surface area contributed by atoms with Gasteiger partial charge in [-0.25, -0.2) is 0 Å². The fourth-order valence-electron chi connectivity index (χ4n) is 3.97. The molecule has 1 aromatic heterocycles. The van der Waals surface area contributed by atoms with Crippen molar-refractivity contribution in [2.75, 3.05) is 6.61 Å². The Bertz CT molecular complexity index is 693. The van der Waals surface area contributed by atoms with Crippen LogP contribution in [0, 0.1) is 11.8 Å². The van der Waals surface area contributed by atoms with E-state index in [-0.39, 0.29) is 6.23 Å². The molecular weight excluding hydrogens is 426 g/mol. The van der Waals surface area contributed by atoms with Gasteiger partial charge in [-0.1, -0.05) is 91.6 Å². The lowest BCUT2D eigenvalue weighted by atomic mass is 9.95. The van der Waals surface area contributed by atoms with E-state index in [9.17, 15) is 0 Å². The predicted octanol–water partition coefficient (Wildman–Crippen LogP) is 6.41. The minimum atomic E-state index is -0.613. The summed E-state index contributed by atoms with van der Waals surface area (Å²) >= 11 is 0. The van der Waals surface area contributed by atoms with E-state index in [1.54, 1.807) is 0 Å². The lowest BCUT2D eigenvalue weighted by Crippen LogP contribution is -2.28. The summed E-state index contributed by atoms with van der Waals surface area (Å²) in [4.78, 5) is 0. The number of hydrogen-bond donors (Lipinski definition) is 1. The van der Waals surface area contributed by atoms with E-state index in [1.807, 2.05) is 24.4 Å². The van der Waals surface area contributed by atoms with Crippen LogP contribution in [0.25, 0.3) is 5.57 Å². The van der Waals surface area contributed by atoms with Crippen molar-refractivity contribution in [1.82, 2.24) is 15.5 Å². The van der Waals surface area contributed by atoms with Gasteiger partial charge >= 0.3 is 0 Å². The Balaban J connectivity index is 1.63. The standard InChI is InChI=1S/C27H47N3O2Si/c1-5-7-9-10-11-19-31-26-17-15-24(20-28-26)25-16-18-27(30-29-25)32-33-21-23(4)14-13-22(3)12-8-6-2/h15-18,20,22-23,26,28H,5-14,19,21,33H2,1-4H3. The van der Waals surface area contributed by atoms with Crippen LogP contribution >= 0.6 is 0 Å². The summed E-state index contributed by atoms with van der Waals surface area (Å²) in [5.41, 5.74) is 1.86. The Kier molecular flexibility index (Phi) is 14.1. The van der Waals surface area contributed by atoms with Gasteiger partial charge in [0, 0.05) is 24.4 Å². The summed E-state index contributed by atoms with van der Waals surface area (Å²) in [5, 5.41) is 12.0. The highest BCUT2D eigenvalue weighted by Gasteiger charge is 2.11. The van der Waals surface area contributed by atoms with Crippen molar-refractivity contribution < 1.29 is 9.16 Å². The Hall–Kier alpha value is -1.66. The molecule has 0 fully saturated rings. The van der Waals surface area contributed by atoms with Crippen LogP contribution in [0.1, 0.15) is 97.6 Å². The maximum absolute atomic E-state index is 5.98. The molecule has 1 aromatic rings. The number of aromatic nitrogens is 2. The second-order valence-corrected chi connectivity index (χ2v) is 10.9. The smallest absolute Gasteiger partial charge is 0.221 e. The number of ether oxygens (including phenoxy) is 1. The molecule has 3 unspecified atom stereocenters. The quantitative estimate of drug-likeness (QED) is 0.197. The Morgan fingerprint density at radius 1 is 0.939 bits per heavy atom. The van der Waals surface area contributed by atoms with Crippen molar-refractivity contribution in [3.63, 3.8) is 0 Å². The molecule has 0 aliphatic carbocycles. The largest absolute Gasteiger partial charge is 0.535 e. The number of rotatable bonds is 18. The van der Waals surface area contributed by atoms with Crippen LogP contribution in [-0.2, 0) is 4.74 Å². The second kappa shape index (κ2) is 16.9. The Labute approximate surface area is 204 Å². The van der Waals surface area contributed by atoms with E-state index in [1.165, 1.54) is 63.8 Å². The van der Waals surface area contributed by atoms with Gasteiger partial charge in [-0.05, 0) is 36.4 Å². The van der Waals surface area contributed by atoms with Crippen molar-refractivity contribution >= 4 is 15.3 Å². The third-order valence-electron chi connectivity index (χ3n) is 6.40. The Morgan fingerprint density at radius 2 is 1.73 bits per heavy atom. The van der Waals surface area contributed by atoms with Gasteiger partial charge in [0.1, 0.15) is 6.23 Å². The zero-order valence-corrected chi connectivity index (χ0v) is 22.9. The first-order valence-electron chi connectivity index (χ1n) is 13.3. The van der Waals surface area contributed by atoms with E-state index in [4.69, 9.17) is 9.16 Å². The average molecular weight is 474 g/mol. The summed E-state index contributed by atoms with van der Waals surface area (Å²) in [6.07, 6.45) is 18.9. The monoisotopic (exact) mass is 473 g/mol. The van der Waals surface area contributed by atoms with Crippen LogP contribution < -0.4 is 9.74 Å². The molecule has 0 bridgehead atoms. The molecule has 1 aliphatic heterocycles. The van der Waals surface area contributed by atoms with Gasteiger partial charge in [0.15, 0.2) is 0 Å². The first-order valence-corrected chi connectivity index (χ1v) is 14.9. The number of unbranched alkanes of at least 4 members (excludes halogenated alkanes) is 5. The fourth-order valence-corrected chi connectivity index (χ4v) is 5.14. The normalized spacial score (nSPS) is 17.7. The molecule has 5 nitrogen and oxygen atoms in total. The predicted molar refractivity (Wildman–Crippen MR) is 142 cm³/mol. The molecule has 33 heavy (non-hydrogen) atoms. The van der Waals surface area contributed by atoms with Crippen LogP contribution in [0.5, 0.6) is 5.88 Å². The zero-order valence-electron chi connectivity index (χ0n) is 21.5. The first kappa shape index (κ1) is 27.6. The van der Waals surface area contributed by atoms with Crippen molar-refractivity contribution in [3.05, 3.63) is 36.2 Å². The SMILES string of the molecule is CCCCCCCOC1C=CC(c2ccc(O[SiH2]CC(C)CCC(C)CCCC)nn2)=CN1. The van der Waals surface area contributed by atoms with E-state index in [2.05, 4.69) is 49.3 Å². The third kappa shape index (κ3) is 11.9. The minimum Gasteiger partial charge on any atom is -0.535 e. The van der Waals surface area contributed by atoms with Crippen molar-refractivity contribution in [3.8, 4) is 5.88 Å². The topological polar surface area (TPSA) is 56.3 Å². The fraction of sp³-hybridized carbons (Fsp3) is 0.704. The number of dihydropyridines is 1. The van der Waals surface area contributed by atoms with Gasteiger partial charge < -0.3 is 14.5 Å². The summed E-state index contributed by atoms with van der Waals surface area (Å²) in [6, 6.07) is 5.13. The molecule has 0 aromatic carbocycles. The van der Waals surface area contributed by atoms with Crippen molar-refractivity contribution in [2.24, 2.45) is 11.8 Å². The maximum Gasteiger partial charge on any atom is 0.221 e. The molecule has 0 saturated heterocycles. The summed E-state index contributed by atoms with van der Waals surface area (Å²) in [6.45, 7) is 10.1. The summed E-state index contributed by atoms with van der Waals surface area (Å²) in [5.74, 6) is 2.25. The number of allylic oxidation sites excluding steroid dienone is 2. The molecule has 186 valence electrons. The van der Waals surface area contributed by atoms with Gasteiger partial charge in [-0.15, -0.1) is 10.2 Å². The summed E-state index contributed by atoms with van der Waals surface area (Å²) < 4.78 is 11.9. The molecule has 0 amide bonds. The van der Waals surface area contributed by atoms with Crippen LogP contribution in [0.2, 0.25) is 6.04 Å². The van der Waals surface area contributed by atoms with Crippen LogP contribution in [0.15, 0.2) is 30.5 Å². The van der Waals surface area contributed by atoms with Gasteiger partial charge in [0.05, 0.1) is 5.69 Å². The highest BCUT2D eigenvalue weighted by Crippen LogP contribution is 2.21. The highest BCUT2D eigenvalue weighted by atomic mass is 28.2. The molecule has 0 saturated carbocycles. The van der Waals surface area contributed by atoms with Crippen LogP contribution in [0.4, 0.5) is 0 Å². The number of hydrogen-bond acceptors (Lipinski definition) is 5. The molecule has 6 heteroatoms. The molecule has 1 N–H and O–H groups in total. The van der Waals surface area contributed by atoms with Gasteiger partial charge in [0.2, 0.25) is 15.6 Å². The van der Waals surface area contributed by atoms with Crippen molar-refractivity contribution in [2.45, 2.75) is 104 Å². The van der Waals surface area contributed by atoms with Gasteiger partial charge in [-0.3, -0.25) is 0 Å². The van der Waals surface area contributed by atoms with Gasteiger partial charge in [-0.2, -0.15) is 0 Å². The minimum absolute atomic E-state index is 0.0573. The van der Waals surface area contributed by atoms with E-state index < -0.39 is 9.76 Å². The van der Waals surface area contributed by atoms with E-state index in [0.29, 0.717) is 5.88 Å². The molecule has 0 spiro atoms. The first-order chi connectivity index (χ1) is 16.1.